The summed E-state index contributed by atoms with van der Waals surface area (Å²) in [4.78, 5) is 0. The molecular formula is C15H14BrF3N2. The van der Waals surface area contributed by atoms with Gasteiger partial charge in [-0.3, -0.25) is 0 Å². The van der Waals surface area contributed by atoms with Crippen LogP contribution in [-0.4, -0.2) is 0 Å². The third-order valence-electron chi connectivity index (χ3n) is 3.07. The van der Waals surface area contributed by atoms with Crippen LogP contribution in [0.25, 0.3) is 0 Å². The summed E-state index contributed by atoms with van der Waals surface area (Å²) < 4.78 is 40.0. The Balaban J connectivity index is 2.31. The first-order valence-corrected chi connectivity index (χ1v) is 7.05. The highest BCUT2D eigenvalue weighted by molar-refractivity contribution is 9.10. The van der Waals surface area contributed by atoms with Gasteiger partial charge in [-0.1, -0.05) is 28.1 Å². The summed E-state index contributed by atoms with van der Waals surface area (Å²) in [6, 6.07) is 10.9. The van der Waals surface area contributed by atoms with Crippen molar-refractivity contribution in [3.8, 4) is 0 Å². The van der Waals surface area contributed by atoms with Gasteiger partial charge in [0.1, 0.15) is 0 Å². The Morgan fingerprint density at radius 2 is 1.86 bits per heavy atom. The lowest BCUT2D eigenvalue weighted by Gasteiger charge is -2.20. The van der Waals surface area contributed by atoms with Crippen molar-refractivity contribution in [2.75, 3.05) is 11.1 Å². The molecule has 0 saturated carbocycles. The van der Waals surface area contributed by atoms with Crippen molar-refractivity contribution in [2.45, 2.75) is 19.1 Å². The van der Waals surface area contributed by atoms with Gasteiger partial charge in [-0.2, -0.15) is 13.2 Å². The molecule has 0 heterocycles. The monoisotopic (exact) mass is 358 g/mol. The second-order valence-corrected chi connectivity index (χ2v) is 5.64. The lowest BCUT2D eigenvalue weighted by atomic mass is 10.1. The standard InChI is InChI=1S/C15H14BrF3N2/c1-9(10-3-2-4-11(16)7-10)21-14-6-5-12(20)8-13(14)15(17,18)19/h2-9,21H,20H2,1H3. The number of hydrogen-bond acceptors (Lipinski definition) is 2. The van der Waals surface area contributed by atoms with Crippen LogP contribution in [0.15, 0.2) is 46.9 Å². The van der Waals surface area contributed by atoms with Crippen molar-refractivity contribution >= 4 is 27.3 Å². The van der Waals surface area contributed by atoms with Gasteiger partial charge in [-0.05, 0) is 42.8 Å². The maximum absolute atomic E-state index is 13.0. The van der Waals surface area contributed by atoms with Crippen molar-refractivity contribution in [3.63, 3.8) is 0 Å². The molecule has 6 heteroatoms. The number of anilines is 2. The van der Waals surface area contributed by atoms with Gasteiger partial charge in [0.05, 0.1) is 5.56 Å². The molecule has 2 nitrogen and oxygen atoms in total. The van der Waals surface area contributed by atoms with Crippen LogP contribution in [0.3, 0.4) is 0 Å². The second-order valence-electron chi connectivity index (χ2n) is 4.72. The Hall–Kier alpha value is -1.69. The van der Waals surface area contributed by atoms with E-state index in [0.717, 1.165) is 16.1 Å². The normalized spacial score (nSPS) is 13.0. The molecule has 0 aliphatic heterocycles. The fraction of sp³-hybridized carbons (Fsp3) is 0.200. The van der Waals surface area contributed by atoms with Crippen LogP contribution in [-0.2, 0) is 6.18 Å². The minimum Gasteiger partial charge on any atom is -0.399 e. The SMILES string of the molecule is CC(Nc1ccc(N)cc1C(F)(F)F)c1cccc(Br)c1. The fourth-order valence-electron chi connectivity index (χ4n) is 2.01. The van der Waals surface area contributed by atoms with E-state index in [1.54, 1.807) is 6.92 Å². The van der Waals surface area contributed by atoms with Gasteiger partial charge in [0, 0.05) is 21.9 Å². The summed E-state index contributed by atoms with van der Waals surface area (Å²) in [6.07, 6.45) is -4.45. The van der Waals surface area contributed by atoms with Gasteiger partial charge in [-0.15, -0.1) is 0 Å². The topological polar surface area (TPSA) is 38.0 Å². The first kappa shape index (κ1) is 15.7. The number of alkyl halides is 3. The van der Waals surface area contributed by atoms with Crippen molar-refractivity contribution in [3.05, 3.63) is 58.1 Å². The lowest BCUT2D eigenvalue weighted by molar-refractivity contribution is -0.136. The molecule has 0 bridgehead atoms. The van der Waals surface area contributed by atoms with Crippen molar-refractivity contribution in [1.82, 2.24) is 0 Å². The van der Waals surface area contributed by atoms with Crippen molar-refractivity contribution < 1.29 is 13.2 Å². The summed E-state index contributed by atoms with van der Waals surface area (Å²) in [5.74, 6) is 0. The van der Waals surface area contributed by atoms with Crippen LogP contribution in [0.4, 0.5) is 24.5 Å². The zero-order chi connectivity index (χ0) is 15.6. The van der Waals surface area contributed by atoms with E-state index in [2.05, 4.69) is 21.2 Å². The third-order valence-corrected chi connectivity index (χ3v) is 3.56. The van der Waals surface area contributed by atoms with E-state index in [0.29, 0.717) is 0 Å². The highest BCUT2D eigenvalue weighted by atomic mass is 79.9. The largest absolute Gasteiger partial charge is 0.418 e. The zero-order valence-corrected chi connectivity index (χ0v) is 12.8. The molecule has 21 heavy (non-hydrogen) atoms. The van der Waals surface area contributed by atoms with E-state index in [-0.39, 0.29) is 17.4 Å². The Morgan fingerprint density at radius 1 is 1.14 bits per heavy atom. The minimum atomic E-state index is -4.45. The summed E-state index contributed by atoms with van der Waals surface area (Å²) in [5, 5.41) is 2.89. The lowest BCUT2D eigenvalue weighted by Crippen LogP contribution is -2.14. The van der Waals surface area contributed by atoms with Gasteiger partial charge >= 0.3 is 6.18 Å². The van der Waals surface area contributed by atoms with Gasteiger partial charge in [0.2, 0.25) is 0 Å². The molecule has 1 unspecified atom stereocenters. The molecular weight excluding hydrogens is 345 g/mol. The van der Waals surface area contributed by atoms with Crippen LogP contribution in [0.2, 0.25) is 0 Å². The number of benzene rings is 2. The smallest absolute Gasteiger partial charge is 0.399 e. The van der Waals surface area contributed by atoms with E-state index in [9.17, 15) is 13.2 Å². The molecule has 0 aliphatic carbocycles. The molecule has 0 amide bonds. The minimum absolute atomic E-state index is 0.0178. The maximum Gasteiger partial charge on any atom is 0.418 e. The summed E-state index contributed by atoms with van der Waals surface area (Å²) >= 11 is 3.35. The molecule has 0 radical (unpaired) electrons. The molecule has 0 aromatic heterocycles. The van der Waals surface area contributed by atoms with E-state index in [1.165, 1.54) is 12.1 Å². The molecule has 0 spiro atoms. The Labute approximate surface area is 129 Å². The third kappa shape index (κ3) is 3.91. The number of halogens is 4. The van der Waals surface area contributed by atoms with Gasteiger partial charge in [0.15, 0.2) is 0 Å². The molecule has 3 N–H and O–H groups in total. The van der Waals surface area contributed by atoms with Crippen LogP contribution in [0.1, 0.15) is 24.1 Å². The molecule has 0 fully saturated rings. The number of nitrogen functional groups attached to an aromatic ring is 1. The van der Waals surface area contributed by atoms with E-state index >= 15 is 0 Å². The Kier molecular flexibility index (Phi) is 4.46. The molecule has 1 atom stereocenters. The highest BCUT2D eigenvalue weighted by Gasteiger charge is 2.34. The van der Waals surface area contributed by atoms with Crippen LogP contribution in [0.5, 0.6) is 0 Å². The summed E-state index contributed by atoms with van der Waals surface area (Å²) in [5.41, 5.74) is 5.68. The molecule has 2 rings (SSSR count). The highest BCUT2D eigenvalue weighted by Crippen LogP contribution is 2.37. The second kappa shape index (κ2) is 5.97. The van der Waals surface area contributed by atoms with E-state index in [4.69, 9.17) is 5.73 Å². The first-order valence-electron chi connectivity index (χ1n) is 6.26. The predicted molar refractivity (Wildman–Crippen MR) is 82.0 cm³/mol. The van der Waals surface area contributed by atoms with Crippen molar-refractivity contribution in [2.24, 2.45) is 0 Å². The Bertz CT molecular complexity index is 641. The zero-order valence-electron chi connectivity index (χ0n) is 11.2. The molecule has 0 saturated heterocycles. The van der Waals surface area contributed by atoms with Crippen LogP contribution in [0, 0.1) is 0 Å². The van der Waals surface area contributed by atoms with E-state index < -0.39 is 11.7 Å². The maximum atomic E-state index is 13.0. The average molecular weight is 359 g/mol. The number of nitrogens with one attached hydrogen (secondary N) is 1. The molecule has 112 valence electrons. The summed E-state index contributed by atoms with van der Waals surface area (Å²) in [7, 11) is 0. The summed E-state index contributed by atoms with van der Waals surface area (Å²) in [6.45, 7) is 1.80. The quantitative estimate of drug-likeness (QED) is 0.737. The molecule has 2 aromatic rings. The Morgan fingerprint density at radius 3 is 2.48 bits per heavy atom. The first-order chi connectivity index (χ1) is 9.77. The van der Waals surface area contributed by atoms with E-state index in [1.807, 2.05) is 24.3 Å². The van der Waals surface area contributed by atoms with Crippen molar-refractivity contribution in [1.29, 1.82) is 0 Å². The molecule has 2 aromatic carbocycles. The van der Waals surface area contributed by atoms with Gasteiger partial charge in [-0.25, -0.2) is 0 Å². The van der Waals surface area contributed by atoms with Crippen LogP contribution >= 0.6 is 15.9 Å². The average Bonchev–Trinajstić information content (AvgIpc) is 2.39. The number of hydrogen-bond donors (Lipinski definition) is 2. The van der Waals surface area contributed by atoms with Gasteiger partial charge < -0.3 is 11.1 Å². The predicted octanol–water partition coefficient (Wildman–Crippen LogP) is 5.22. The van der Waals surface area contributed by atoms with Gasteiger partial charge in [0.25, 0.3) is 0 Å². The fourth-order valence-corrected chi connectivity index (χ4v) is 2.43. The molecule has 0 aliphatic rings. The number of nitrogens with two attached hydrogens (primary N) is 1. The van der Waals surface area contributed by atoms with Crippen LogP contribution < -0.4 is 11.1 Å². The number of rotatable bonds is 3.